The van der Waals surface area contributed by atoms with Gasteiger partial charge in [0, 0.05) is 19.1 Å². The Morgan fingerprint density at radius 1 is 1.00 bits per heavy atom. The lowest BCUT2D eigenvalue weighted by molar-refractivity contribution is -0.742. The van der Waals surface area contributed by atoms with Crippen LogP contribution < -0.4 is 9.47 Å². The van der Waals surface area contributed by atoms with Crippen molar-refractivity contribution in [2.24, 2.45) is 0 Å². The van der Waals surface area contributed by atoms with Gasteiger partial charge in [0.2, 0.25) is 5.75 Å². The molecule has 0 aliphatic rings. The third kappa shape index (κ3) is 14.2. The summed E-state index contributed by atoms with van der Waals surface area (Å²) in [6.07, 6.45) is 0. The van der Waals surface area contributed by atoms with Crippen molar-refractivity contribution in [1.29, 1.82) is 0 Å². The molecule has 13 nitrogen and oxygen atoms in total. The van der Waals surface area contributed by atoms with Gasteiger partial charge in [-0.25, -0.2) is 8.78 Å². The second-order valence-electron chi connectivity index (χ2n) is 5.21. The molecular weight excluding hydrogens is 458 g/mol. The third-order valence-corrected chi connectivity index (χ3v) is 2.93. The highest BCUT2D eigenvalue weighted by atomic mass is 19.1. The van der Waals surface area contributed by atoms with Crippen LogP contribution in [0.4, 0.5) is 14.5 Å². The van der Waals surface area contributed by atoms with Crippen molar-refractivity contribution in [2.75, 3.05) is 20.8 Å². The molecule has 2 aromatic rings. The molecular formula is C18H22F2N2O11. The lowest BCUT2D eigenvalue weighted by atomic mass is 10.2. The molecule has 0 unspecified atom stereocenters. The van der Waals surface area contributed by atoms with Crippen molar-refractivity contribution in [3.63, 3.8) is 0 Å². The molecule has 0 bridgehead atoms. The van der Waals surface area contributed by atoms with E-state index in [9.17, 15) is 23.7 Å². The second kappa shape index (κ2) is 16.3. The van der Waals surface area contributed by atoms with Gasteiger partial charge in [-0.05, 0) is 19.1 Å². The lowest BCUT2D eigenvalue weighted by Gasteiger charge is -2.02. The van der Waals surface area contributed by atoms with Crippen LogP contribution in [-0.4, -0.2) is 52.2 Å². The van der Waals surface area contributed by atoms with Crippen molar-refractivity contribution in [2.45, 2.75) is 13.8 Å². The molecule has 0 aliphatic heterocycles. The monoisotopic (exact) mass is 480 g/mol. The van der Waals surface area contributed by atoms with Gasteiger partial charge in [-0.1, -0.05) is 0 Å². The number of nitro groups is 1. The van der Waals surface area contributed by atoms with Gasteiger partial charge in [-0.3, -0.25) is 14.9 Å². The quantitative estimate of drug-likeness (QED) is 0.330. The number of carbonyl (C=O) groups excluding carboxylic acids is 1. The Labute approximate surface area is 185 Å². The average molecular weight is 480 g/mol. The normalized spacial score (nSPS) is 8.79. The molecule has 0 radical (unpaired) electrons. The topological polar surface area (TPSA) is 192 Å². The second-order valence-corrected chi connectivity index (χ2v) is 5.21. The highest BCUT2D eigenvalue weighted by Crippen LogP contribution is 2.36. The number of benzene rings is 2. The summed E-state index contributed by atoms with van der Waals surface area (Å²) in [5.74, 6) is -2.29. The fourth-order valence-corrected chi connectivity index (χ4v) is 1.71. The molecule has 0 saturated heterocycles. The van der Waals surface area contributed by atoms with E-state index in [2.05, 4.69) is 14.2 Å². The van der Waals surface area contributed by atoms with E-state index in [0.717, 1.165) is 18.2 Å². The number of carbonyl (C=O) groups is 1. The zero-order valence-electron chi connectivity index (χ0n) is 17.9. The highest BCUT2D eigenvalue weighted by molar-refractivity contribution is 5.65. The number of methoxy groups -OCH3 is 2. The van der Waals surface area contributed by atoms with Gasteiger partial charge < -0.3 is 29.6 Å². The molecule has 184 valence electrons. The van der Waals surface area contributed by atoms with Crippen LogP contribution in [0.25, 0.3) is 0 Å². The van der Waals surface area contributed by atoms with Crippen LogP contribution in [0.1, 0.15) is 13.8 Å². The lowest BCUT2D eigenvalue weighted by Crippen LogP contribution is -1.95. The SMILES string of the molecule is CCOC(C)=O.COc1cc(F)cc([N+](=O)[O-])c1O.COc1cc(F)ccc1O.O=[N+]([O-])O. The van der Waals surface area contributed by atoms with Gasteiger partial charge in [-0.2, -0.15) is 0 Å². The van der Waals surface area contributed by atoms with E-state index in [1.807, 2.05) is 0 Å². The van der Waals surface area contributed by atoms with Crippen LogP contribution in [0.2, 0.25) is 0 Å². The number of hydrogen-bond donors (Lipinski definition) is 3. The van der Waals surface area contributed by atoms with Crippen molar-refractivity contribution >= 4 is 11.7 Å². The maximum absolute atomic E-state index is 12.7. The van der Waals surface area contributed by atoms with E-state index in [4.69, 9.17) is 25.5 Å². The molecule has 0 spiro atoms. The third-order valence-electron chi connectivity index (χ3n) is 2.93. The standard InChI is InChI=1S/C7H6FNO4.C7H7FO2.C4H8O2.HNO3/c1-13-6-3-4(8)2-5(7(6)10)9(11)12;1-10-7-4-5(8)2-3-6(7)9;1-3-6-4(2)5;2-1(3)4/h2-3,10H,1H3;2-4,9H,1H3;3H2,1-2H3;(H,2,3,4). The molecule has 33 heavy (non-hydrogen) atoms. The number of halogens is 2. The summed E-state index contributed by atoms with van der Waals surface area (Å²) in [5.41, 5.74) is -0.711. The molecule has 3 N–H and O–H groups in total. The summed E-state index contributed by atoms with van der Waals surface area (Å²) in [7, 11) is 2.55. The minimum atomic E-state index is -1.50. The Morgan fingerprint density at radius 2 is 1.48 bits per heavy atom. The molecule has 0 fully saturated rings. The minimum absolute atomic E-state index is 0.0519. The molecule has 0 atom stereocenters. The van der Waals surface area contributed by atoms with E-state index < -0.39 is 33.1 Å². The highest BCUT2D eigenvalue weighted by Gasteiger charge is 2.19. The number of nitro benzene ring substituents is 1. The van der Waals surface area contributed by atoms with E-state index in [-0.39, 0.29) is 23.2 Å². The summed E-state index contributed by atoms with van der Waals surface area (Å²) in [6, 6.07) is 5.02. The Kier molecular flexibility index (Phi) is 15.2. The van der Waals surface area contributed by atoms with Gasteiger partial charge in [0.05, 0.1) is 31.8 Å². The summed E-state index contributed by atoms with van der Waals surface area (Å²) in [5, 5.41) is 42.0. The Morgan fingerprint density at radius 3 is 1.82 bits per heavy atom. The Hall–Kier alpha value is -4.43. The van der Waals surface area contributed by atoms with E-state index in [1.54, 1.807) is 6.92 Å². The number of ether oxygens (including phenoxy) is 3. The van der Waals surface area contributed by atoms with Crippen LogP contribution in [0.15, 0.2) is 30.3 Å². The molecule has 0 aromatic heterocycles. The molecule has 2 rings (SSSR count). The Bertz CT molecular complexity index is 923. The molecule has 0 saturated carbocycles. The maximum atomic E-state index is 12.7. The average Bonchev–Trinajstić information content (AvgIpc) is 2.71. The summed E-state index contributed by atoms with van der Waals surface area (Å²) in [4.78, 5) is 27.6. The molecule has 0 amide bonds. The van der Waals surface area contributed by atoms with E-state index in [1.165, 1.54) is 27.2 Å². The zero-order chi connectivity index (χ0) is 26.1. The van der Waals surface area contributed by atoms with Crippen LogP contribution in [0.3, 0.4) is 0 Å². The van der Waals surface area contributed by atoms with Gasteiger partial charge in [-0.15, -0.1) is 10.1 Å². The Balaban J connectivity index is 0. The number of phenolic OH excluding ortho intramolecular Hbond substituents is 2. The van der Waals surface area contributed by atoms with Gasteiger partial charge in [0.1, 0.15) is 11.6 Å². The van der Waals surface area contributed by atoms with Crippen LogP contribution in [0, 0.1) is 31.9 Å². The van der Waals surface area contributed by atoms with E-state index in [0.29, 0.717) is 12.7 Å². The molecule has 0 aliphatic carbocycles. The van der Waals surface area contributed by atoms with Crippen molar-refractivity contribution in [3.05, 3.63) is 62.2 Å². The fraction of sp³-hybridized carbons (Fsp3) is 0.278. The van der Waals surface area contributed by atoms with Gasteiger partial charge >= 0.3 is 11.7 Å². The van der Waals surface area contributed by atoms with Crippen LogP contribution >= 0.6 is 0 Å². The number of nitrogens with zero attached hydrogens (tertiary/aromatic N) is 2. The number of hydrogen-bond acceptors (Lipinski definition) is 10. The van der Waals surface area contributed by atoms with Crippen LogP contribution in [0.5, 0.6) is 23.0 Å². The first-order valence-electron chi connectivity index (χ1n) is 8.50. The largest absolute Gasteiger partial charge is 0.504 e. The van der Waals surface area contributed by atoms with Gasteiger partial charge in [0.15, 0.2) is 17.2 Å². The van der Waals surface area contributed by atoms with Crippen molar-refractivity contribution < 1.29 is 53.2 Å². The predicted octanol–water partition coefficient (Wildman–Crippen LogP) is 3.21. The van der Waals surface area contributed by atoms with E-state index >= 15 is 0 Å². The maximum Gasteiger partial charge on any atom is 0.317 e. The smallest absolute Gasteiger partial charge is 0.317 e. The molecule has 2 aromatic carbocycles. The predicted molar refractivity (Wildman–Crippen MR) is 107 cm³/mol. The molecule has 0 heterocycles. The minimum Gasteiger partial charge on any atom is -0.504 e. The fourth-order valence-electron chi connectivity index (χ4n) is 1.71. The number of rotatable bonds is 4. The molecule has 15 heteroatoms. The number of phenols is 2. The number of aromatic hydroxyl groups is 2. The first-order valence-corrected chi connectivity index (χ1v) is 8.50. The number of esters is 1. The van der Waals surface area contributed by atoms with Gasteiger partial charge in [0.25, 0.3) is 5.09 Å². The first-order chi connectivity index (χ1) is 15.3. The zero-order valence-corrected chi connectivity index (χ0v) is 17.9. The van der Waals surface area contributed by atoms with Crippen molar-refractivity contribution in [3.8, 4) is 23.0 Å². The van der Waals surface area contributed by atoms with Crippen molar-refractivity contribution in [1.82, 2.24) is 0 Å². The first kappa shape index (κ1) is 30.8. The van der Waals surface area contributed by atoms with Crippen LogP contribution in [-0.2, 0) is 9.53 Å². The summed E-state index contributed by atoms with van der Waals surface area (Å²) >= 11 is 0. The summed E-state index contributed by atoms with van der Waals surface area (Å²) in [6.45, 7) is 3.65. The summed E-state index contributed by atoms with van der Waals surface area (Å²) < 4.78 is 38.6.